The van der Waals surface area contributed by atoms with E-state index >= 15 is 0 Å². The van der Waals surface area contributed by atoms with Gasteiger partial charge >= 0.3 is 5.97 Å². The van der Waals surface area contributed by atoms with E-state index in [9.17, 15) is 14.7 Å². The number of carboxylic acid groups (broad SMARTS) is 1. The molecule has 0 radical (unpaired) electrons. The van der Waals surface area contributed by atoms with E-state index in [4.69, 9.17) is 0 Å². The Morgan fingerprint density at radius 2 is 1.95 bits per heavy atom. The van der Waals surface area contributed by atoms with Gasteiger partial charge in [0, 0.05) is 11.6 Å². The maximum absolute atomic E-state index is 12.4. The fourth-order valence-electron chi connectivity index (χ4n) is 2.93. The number of aromatic nitrogens is 1. The first-order valence-corrected chi connectivity index (χ1v) is 6.74. The molecule has 5 nitrogen and oxygen atoms in total. The zero-order valence-electron chi connectivity index (χ0n) is 11.0. The van der Waals surface area contributed by atoms with Crippen LogP contribution in [0.15, 0.2) is 30.5 Å². The van der Waals surface area contributed by atoms with Crippen LogP contribution < -0.4 is 5.32 Å². The van der Waals surface area contributed by atoms with Crippen LogP contribution in [0.2, 0.25) is 0 Å². The normalized spacial score (nSPS) is 17.2. The zero-order chi connectivity index (χ0) is 14.2. The second-order valence-electron chi connectivity index (χ2n) is 5.30. The summed E-state index contributed by atoms with van der Waals surface area (Å²) in [5.74, 6) is -1.27. The molecule has 0 aliphatic heterocycles. The lowest BCUT2D eigenvalue weighted by Crippen LogP contribution is -2.52. The van der Waals surface area contributed by atoms with E-state index in [-0.39, 0.29) is 5.91 Å². The van der Waals surface area contributed by atoms with Gasteiger partial charge in [-0.15, -0.1) is 0 Å². The highest BCUT2D eigenvalue weighted by molar-refractivity contribution is 6.07. The highest BCUT2D eigenvalue weighted by atomic mass is 16.4. The quantitative estimate of drug-likeness (QED) is 0.801. The van der Waals surface area contributed by atoms with Crippen LogP contribution in [0.25, 0.3) is 10.9 Å². The van der Waals surface area contributed by atoms with Crippen LogP contribution >= 0.6 is 0 Å². The van der Waals surface area contributed by atoms with Gasteiger partial charge in [0.2, 0.25) is 0 Å². The number of amides is 1. The topological polar surface area (TPSA) is 82.2 Å². The molecule has 1 aromatic carbocycles. The van der Waals surface area contributed by atoms with Crippen LogP contribution in [0.3, 0.4) is 0 Å². The van der Waals surface area contributed by atoms with E-state index in [1.165, 1.54) is 0 Å². The molecule has 1 saturated carbocycles. The maximum atomic E-state index is 12.4. The number of carboxylic acids is 1. The molecule has 1 aliphatic carbocycles. The van der Waals surface area contributed by atoms with Gasteiger partial charge in [0.1, 0.15) is 5.54 Å². The van der Waals surface area contributed by atoms with Gasteiger partial charge in [0.15, 0.2) is 0 Å². The van der Waals surface area contributed by atoms with Crippen LogP contribution in [0.4, 0.5) is 0 Å². The molecule has 5 heteroatoms. The minimum atomic E-state index is -1.11. The van der Waals surface area contributed by atoms with Crippen molar-refractivity contribution in [3.63, 3.8) is 0 Å². The van der Waals surface area contributed by atoms with Crippen molar-refractivity contribution in [1.82, 2.24) is 10.3 Å². The van der Waals surface area contributed by atoms with Crippen molar-refractivity contribution in [1.29, 1.82) is 0 Å². The van der Waals surface area contributed by atoms with Gasteiger partial charge in [-0.25, -0.2) is 4.79 Å². The number of fused-ring (bicyclic) bond motifs is 1. The second kappa shape index (κ2) is 4.67. The first-order chi connectivity index (χ1) is 9.62. The van der Waals surface area contributed by atoms with Crippen molar-refractivity contribution >= 4 is 22.8 Å². The van der Waals surface area contributed by atoms with Crippen LogP contribution in [-0.2, 0) is 4.79 Å². The molecule has 2 aromatic rings. The van der Waals surface area contributed by atoms with Crippen molar-refractivity contribution in [3.05, 3.63) is 36.0 Å². The molecule has 1 heterocycles. The summed E-state index contributed by atoms with van der Waals surface area (Å²) in [5, 5.41) is 13.1. The molecule has 0 atom stereocenters. The third-order valence-corrected chi connectivity index (χ3v) is 4.05. The van der Waals surface area contributed by atoms with Crippen molar-refractivity contribution in [2.45, 2.75) is 31.2 Å². The van der Waals surface area contributed by atoms with E-state index in [0.717, 1.165) is 23.7 Å². The van der Waals surface area contributed by atoms with Gasteiger partial charge in [-0.2, -0.15) is 0 Å². The predicted octanol–water partition coefficient (Wildman–Crippen LogP) is 2.30. The largest absolute Gasteiger partial charge is 0.480 e. The number of hydrogen-bond acceptors (Lipinski definition) is 2. The number of aromatic amines is 1. The maximum Gasteiger partial charge on any atom is 0.329 e. The summed E-state index contributed by atoms with van der Waals surface area (Å²) in [4.78, 5) is 26.9. The Kier molecular flexibility index (Phi) is 2.97. The summed E-state index contributed by atoms with van der Waals surface area (Å²) in [6, 6.07) is 7.30. The lowest BCUT2D eigenvalue weighted by atomic mass is 9.97. The van der Waals surface area contributed by atoms with Gasteiger partial charge in [-0.1, -0.05) is 25.0 Å². The third kappa shape index (κ3) is 1.95. The average Bonchev–Trinajstić information content (AvgIpc) is 3.06. The first kappa shape index (κ1) is 12.7. The van der Waals surface area contributed by atoms with Crippen molar-refractivity contribution in [3.8, 4) is 0 Å². The summed E-state index contributed by atoms with van der Waals surface area (Å²) in [7, 11) is 0. The number of hydrogen-bond donors (Lipinski definition) is 3. The molecule has 1 aromatic heterocycles. The summed E-state index contributed by atoms with van der Waals surface area (Å²) >= 11 is 0. The van der Waals surface area contributed by atoms with Crippen molar-refractivity contribution in [2.75, 3.05) is 0 Å². The SMILES string of the molecule is O=C(NC1(C(=O)O)CCCC1)c1cccc2cc[nH]c12. The molecular weight excluding hydrogens is 256 g/mol. The van der Waals surface area contributed by atoms with Gasteiger partial charge in [-0.3, -0.25) is 4.79 Å². The number of carbonyl (C=O) groups excluding carboxylic acids is 1. The summed E-state index contributed by atoms with van der Waals surface area (Å²) in [6.45, 7) is 0. The van der Waals surface area contributed by atoms with Gasteiger partial charge < -0.3 is 15.4 Å². The average molecular weight is 272 g/mol. The molecule has 0 spiro atoms. The van der Waals surface area contributed by atoms with Crippen molar-refractivity contribution in [2.24, 2.45) is 0 Å². The predicted molar refractivity (Wildman–Crippen MR) is 74.6 cm³/mol. The molecular formula is C15H16N2O3. The highest BCUT2D eigenvalue weighted by Crippen LogP contribution is 2.30. The lowest BCUT2D eigenvalue weighted by molar-refractivity contribution is -0.144. The second-order valence-corrected chi connectivity index (χ2v) is 5.30. The number of carbonyl (C=O) groups is 2. The van der Waals surface area contributed by atoms with Gasteiger partial charge in [-0.05, 0) is 25.0 Å². The summed E-state index contributed by atoms with van der Waals surface area (Å²) < 4.78 is 0. The van der Waals surface area contributed by atoms with Gasteiger partial charge in [0.25, 0.3) is 5.91 Å². The molecule has 0 unspecified atom stereocenters. The fraction of sp³-hybridized carbons (Fsp3) is 0.333. The summed E-state index contributed by atoms with van der Waals surface area (Å²) in [6.07, 6.45) is 4.42. The van der Waals surface area contributed by atoms with E-state index in [1.54, 1.807) is 18.3 Å². The lowest BCUT2D eigenvalue weighted by Gasteiger charge is -2.25. The molecule has 1 aliphatic rings. The standard InChI is InChI=1S/C15H16N2O3/c18-13(17-15(14(19)20)7-1-2-8-15)11-5-3-4-10-6-9-16-12(10)11/h3-6,9,16H,1-2,7-8H2,(H,17,18)(H,19,20). The van der Waals surface area contributed by atoms with E-state index in [2.05, 4.69) is 10.3 Å². The third-order valence-electron chi connectivity index (χ3n) is 4.05. The molecule has 0 bridgehead atoms. The van der Waals surface area contributed by atoms with Crippen molar-refractivity contribution < 1.29 is 14.7 Å². The molecule has 0 saturated heterocycles. The molecule has 20 heavy (non-hydrogen) atoms. The van der Waals surface area contributed by atoms with E-state index in [0.29, 0.717) is 18.4 Å². The molecule has 104 valence electrons. The Labute approximate surface area is 116 Å². The monoisotopic (exact) mass is 272 g/mol. The highest BCUT2D eigenvalue weighted by Gasteiger charge is 2.42. The number of H-pyrrole nitrogens is 1. The van der Waals surface area contributed by atoms with E-state index in [1.807, 2.05) is 12.1 Å². The Bertz CT molecular complexity index is 669. The first-order valence-electron chi connectivity index (χ1n) is 6.74. The smallest absolute Gasteiger partial charge is 0.329 e. The number of para-hydroxylation sites is 1. The Morgan fingerprint density at radius 3 is 2.65 bits per heavy atom. The zero-order valence-corrected chi connectivity index (χ0v) is 11.0. The molecule has 1 fully saturated rings. The van der Waals surface area contributed by atoms with Gasteiger partial charge in [0.05, 0.1) is 11.1 Å². The fourth-order valence-corrected chi connectivity index (χ4v) is 2.93. The van der Waals surface area contributed by atoms with Crippen LogP contribution in [0.5, 0.6) is 0 Å². The number of rotatable bonds is 3. The van der Waals surface area contributed by atoms with Crippen LogP contribution in [-0.4, -0.2) is 27.5 Å². The molecule has 3 rings (SSSR count). The van der Waals surface area contributed by atoms with Crippen LogP contribution in [0, 0.1) is 0 Å². The Morgan fingerprint density at radius 1 is 1.20 bits per heavy atom. The number of nitrogens with one attached hydrogen (secondary N) is 2. The number of benzene rings is 1. The summed E-state index contributed by atoms with van der Waals surface area (Å²) in [5.41, 5.74) is 0.120. The Hall–Kier alpha value is -2.30. The minimum Gasteiger partial charge on any atom is -0.480 e. The minimum absolute atomic E-state index is 0.331. The number of aliphatic carboxylic acids is 1. The van der Waals surface area contributed by atoms with E-state index < -0.39 is 11.5 Å². The molecule has 1 amide bonds. The van der Waals surface area contributed by atoms with Crippen LogP contribution in [0.1, 0.15) is 36.0 Å². The molecule has 3 N–H and O–H groups in total. The Balaban J connectivity index is 1.93.